The summed E-state index contributed by atoms with van der Waals surface area (Å²) in [6.07, 6.45) is 2.44. The van der Waals surface area contributed by atoms with Crippen LogP contribution < -0.4 is 4.74 Å². The molecule has 4 rings (SSSR count). The molecule has 3 nitrogen and oxygen atoms in total. The third-order valence-corrected chi connectivity index (χ3v) is 6.22. The molecule has 0 saturated carbocycles. The number of likely N-dealkylation sites (tertiary alicyclic amines) is 1. The van der Waals surface area contributed by atoms with Crippen molar-refractivity contribution in [2.45, 2.75) is 31.1 Å². The van der Waals surface area contributed by atoms with Crippen LogP contribution in [-0.4, -0.2) is 30.5 Å². The Bertz CT molecular complexity index is 815. The van der Waals surface area contributed by atoms with Crippen molar-refractivity contribution in [2.24, 2.45) is 0 Å². The fraction of sp³-hybridized carbons (Fsp3) is 0.381. The normalized spacial score (nSPS) is 19.9. The average Bonchev–Trinajstić information content (AvgIpc) is 3.07. The topological polar surface area (TPSA) is 29.5 Å². The van der Waals surface area contributed by atoms with Crippen molar-refractivity contribution in [3.63, 3.8) is 0 Å². The van der Waals surface area contributed by atoms with E-state index in [4.69, 9.17) is 27.9 Å². The highest BCUT2D eigenvalue weighted by atomic mass is 35.5. The van der Waals surface area contributed by atoms with Gasteiger partial charge in [0.2, 0.25) is 5.91 Å². The van der Waals surface area contributed by atoms with Gasteiger partial charge in [0.15, 0.2) is 0 Å². The molecule has 2 aliphatic rings. The Labute approximate surface area is 163 Å². The van der Waals surface area contributed by atoms with Crippen molar-refractivity contribution >= 4 is 29.1 Å². The van der Waals surface area contributed by atoms with E-state index in [1.165, 1.54) is 5.56 Å². The number of carbonyl (C=O) groups is 1. The average molecular weight is 390 g/mol. The molecule has 0 bridgehead atoms. The molecule has 1 atom stereocenters. The van der Waals surface area contributed by atoms with Crippen LogP contribution in [0.2, 0.25) is 10.0 Å². The van der Waals surface area contributed by atoms with Crippen LogP contribution in [0, 0.1) is 0 Å². The smallest absolute Gasteiger partial charge is 0.223 e. The van der Waals surface area contributed by atoms with Gasteiger partial charge in [0, 0.05) is 31.0 Å². The first-order valence-corrected chi connectivity index (χ1v) is 9.82. The second kappa shape index (κ2) is 7.50. The van der Waals surface area contributed by atoms with Crippen LogP contribution in [0.15, 0.2) is 42.5 Å². The van der Waals surface area contributed by atoms with Gasteiger partial charge in [-0.2, -0.15) is 0 Å². The quantitative estimate of drug-likeness (QED) is 0.715. The maximum atomic E-state index is 12.7. The van der Waals surface area contributed by atoms with Gasteiger partial charge in [-0.25, -0.2) is 0 Å². The number of ether oxygens (including phenoxy) is 1. The highest BCUT2D eigenvalue weighted by Crippen LogP contribution is 2.37. The Kier molecular flexibility index (Phi) is 5.10. The largest absolute Gasteiger partial charge is 0.493 e. The van der Waals surface area contributed by atoms with E-state index >= 15 is 0 Å². The number of hydrogen-bond acceptors (Lipinski definition) is 2. The van der Waals surface area contributed by atoms with Crippen molar-refractivity contribution in [1.29, 1.82) is 0 Å². The number of halogens is 2. The van der Waals surface area contributed by atoms with E-state index in [0.29, 0.717) is 29.0 Å². The minimum absolute atomic E-state index is 0.173. The first-order valence-electron chi connectivity index (χ1n) is 9.06. The third kappa shape index (κ3) is 3.56. The van der Waals surface area contributed by atoms with Crippen molar-refractivity contribution in [3.8, 4) is 5.75 Å². The van der Waals surface area contributed by atoms with Gasteiger partial charge in [-0.3, -0.25) is 4.79 Å². The Morgan fingerprint density at radius 2 is 1.85 bits per heavy atom. The molecule has 5 heteroatoms. The van der Waals surface area contributed by atoms with Crippen LogP contribution in [0.5, 0.6) is 5.75 Å². The van der Waals surface area contributed by atoms with Crippen LogP contribution in [0.25, 0.3) is 0 Å². The number of carbonyl (C=O) groups excluding carboxylic acids is 1. The second-order valence-corrected chi connectivity index (χ2v) is 7.89. The van der Waals surface area contributed by atoms with Gasteiger partial charge in [-0.1, -0.05) is 47.5 Å². The Morgan fingerprint density at radius 1 is 1.08 bits per heavy atom. The summed E-state index contributed by atoms with van der Waals surface area (Å²) in [5.41, 5.74) is 2.37. The number of rotatable bonds is 3. The molecule has 1 fully saturated rings. The molecule has 2 heterocycles. The van der Waals surface area contributed by atoms with Crippen molar-refractivity contribution in [3.05, 3.63) is 63.6 Å². The molecule has 26 heavy (non-hydrogen) atoms. The van der Waals surface area contributed by atoms with Crippen LogP contribution in [0.1, 0.15) is 42.2 Å². The number of amides is 1. The molecule has 0 N–H and O–H groups in total. The molecule has 0 aromatic heterocycles. The highest BCUT2D eigenvalue weighted by molar-refractivity contribution is 6.42. The fourth-order valence-corrected chi connectivity index (χ4v) is 4.27. The van der Waals surface area contributed by atoms with Gasteiger partial charge in [0.25, 0.3) is 0 Å². The number of para-hydroxylation sites is 1. The third-order valence-electron chi connectivity index (χ3n) is 5.48. The zero-order valence-electron chi connectivity index (χ0n) is 14.5. The van der Waals surface area contributed by atoms with E-state index in [1.54, 1.807) is 0 Å². The standard InChI is InChI=1S/C21H21Cl2NO2/c22-18-6-5-15(11-19(18)23)14-7-9-24(10-8-14)21(25)12-16-13-26-20-4-2-1-3-17(16)20/h1-6,11,14,16H,7-10,12-13H2. The molecule has 2 aromatic rings. The number of hydrogen-bond donors (Lipinski definition) is 0. The monoisotopic (exact) mass is 389 g/mol. The second-order valence-electron chi connectivity index (χ2n) is 7.08. The summed E-state index contributed by atoms with van der Waals surface area (Å²) in [7, 11) is 0. The molecule has 136 valence electrons. The molecular weight excluding hydrogens is 369 g/mol. The first kappa shape index (κ1) is 17.7. The van der Waals surface area contributed by atoms with Gasteiger partial charge in [0.05, 0.1) is 16.7 Å². The number of piperidine rings is 1. The van der Waals surface area contributed by atoms with Crippen molar-refractivity contribution < 1.29 is 9.53 Å². The minimum Gasteiger partial charge on any atom is -0.493 e. The molecule has 0 radical (unpaired) electrons. The van der Waals surface area contributed by atoms with E-state index in [9.17, 15) is 4.79 Å². The Hall–Kier alpha value is -1.71. The Morgan fingerprint density at radius 3 is 2.62 bits per heavy atom. The lowest BCUT2D eigenvalue weighted by Gasteiger charge is -2.33. The summed E-state index contributed by atoms with van der Waals surface area (Å²) >= 11 is 12.1. The molecule has 1 saturated heterocycles. The minimum atomic E-state index is 0.173. The summed E-state index contributed by atoms with van der Waals surface area (Å²) < 4.78 is 5.70. The fourth-order valence-electron chi connectivity index (χ4n) is 3.97. The maximum Gasteiger partial charge on any atom is 0.223 e. The van der Waals surface area contributed by atoms with Gasteiger partial charge in [-0.05, 0) is 42.5 Å². The molecule has 2 aromatic carbocycles. The molecule has 2 aliphatic heterocycles. The van der Waals surface area contributed by atoms with Crippen LogP contribution >= 0.6 is 23.2 Å². The predicted octanol–water partition coefficient (Wildman–Crippen LogP) is 5.27. The first-order chi connectivity index (χ1) is 12.6. The number of fused-ring (bicyclic) bond motifs is 1. The van der Waals surface area contributed by atoms with Crippen molar-refractivity contribution in [2.75, 3.05) is 19.7 Å². The summed E-state index contributed by atoms with van der Waals surface area (Å²) in [4.78, 5) is 14.7. The van der Waals surface area contributed by atoms with E-state index in [1.807, 2.05) is 41.3 Å². The van der Waals surface area contributed by atoms with Crippen LogP contribution in [-0.2, 0) is 4.79 Å². The molecule has 0 spiro atoms. The lowest BCUT2D eigenvalue weighted by molar-refractivity contribution is -0.132. The molecule has 1 amide bonds. The number of benzene rings is 2. The van der Waals surface area contributed by atoms with Gasteiger partial charge >= 0.3 is 0 Å². The summed E-state index contributed by atoms with van der Waals surface area (Å²) in [5.74, 6) is 1.75. The van der Waals surface area contributed by atoms with Gasteiger partial charge in [0.1, 0.15) is 5.75 Å². The van der Waals surface area contributed by atoms with Crippen LogP contribution in [0.3, 0.4) is 0 Å². The van der Waals surface area contributed by atoms with Gasteiger partial charge < -0.3 is 9.64 Å². The predicted molar refractivity (Wildman–Crippen MR) is 104 cm³/mol. The zero-order valence-corrected chi connectivity index (χ0v) is 16.0. The SMILES string of the molecule is O=C(CC1COc2ccccc21)N1CCC(c2ccc(Cl)c(Cl)c2)CC1. The zero-order chi connectivity index (χ0) is 18.1. The van der Waals surface area contributed by atoms with E-state index in [2.05, 4.69) is 6.07 Å². The van der Waals surface area contributed by atoms with E-state index in [-0.39, 0.29) is 11.8 Å². The molecule has 0 aliphatic carbocycles. The highest BCUT2D eigenvalue weighted by Gasteiger charge is 2.30. The van der Waals surface area contributed by atoms with E-state index in [0.717, 1.165) is 37.2 Å². The van der Waals surface area contributed by atoms with Gasteiger partial charge in [-0.15, -0.1) is 0 Å². The van der Waals surface area contributed by atoms with E-state index < -0.39 is 0 Å². The summed E-state index contributed by atoms with van der Waals surface area (Å²) in [6, 6.07) is 13.9. The lowest BCUT2D eigenvalue weighted by atomic mass is 9.89. The Balaban J connectivity index is 1.35. The number of nitrogens with zero attached hydrogens (tertiary/aromatic N) is 1. The van der Waals surface area contributed by atoms with Crippen molar-refractivity contribution in [1.82, 2.24) is 4.90 Å². The lowest BCUT2D eigenvalue weighted by Crippen LogP contribution is -2.38. The maximum absolute atomic E-state index is 12.7. The summed E-state index contributed by atoms with van der Waals surface area (Å²) in [5, 5.41) is 1.18. The van der Waals surface area contributed by atoms with Crippen LogP contribution in [0.4, 0.5) is 0 Å². The molecule has 1 unspecified atom stereocenters. The summed E-state index contributed by atoms with van der Waals surface area (Å²) in [6.45, 7) is 2.18. The molecular formula is C21H21Cl2NO2.